The largest absolute Gasteiger partial charge is 0.378 e. The van der Waals surface area contributed by atoms with E-state index in [0.29, 0.717) is 13.2 Å². The molecule has 1 fully saturated rings. The third kappa shape index (κ3) is 2.72. The molecule has 4 heteroatoms. The van der Waals surface area contributed by atoms with Crippen molar-refractivity contribution in [2.75, 3.05) is 26.3 Å². The van der Waals surface area contributed by atoms with Crippen LogP contribution in [0.2, 0.25) is 0 Å². The van der Waals surface area contributed by atoms with Crippen LogP contribution in [-0.4, -0.2) is 37.6 Å². The van der Waals surface area contributed by atoms with Gasteiger partial charge in [0.15, 0.2) is 0 Å². The van der Waals surface area contributed by atoms with Gasteiger partial charge in [-0.15, -0.1) is 0 Å². The lowest BCUT2D eigenvalue weighted by molar-refractivity contribution is -0.121. The molecule has 0 aromatic rings. The molecule has 0 spiro atoms. The molecule has 0 bridgehead atoms. The summed E-state index contributed by atoms with van der Waals surface area (Å²) in [4.78, 5) is 11.7. The lowest BCUT2D eigenvalue weighted by Gasteiger charge is -2.21. The number of nitrogens with zero attached hydrogens (tertiary/aromatic N) is 1. The maximum Gasteiger partial charge on any atom is 0.209 e. The van der Waals surface area contributed by atoms with Gasteiger partial charge in [0.1, 0.15) is 0 Å². The second-order valence-electron chi connectivity index (χ2n) is 1.75. The average molecular weight is 149 g/mol. The summed E-state index contributed by atoms with van der Waals surface area (Å²) in [5, 5.41) is 0. The van der Waals surface area contributed by atoms with Crippen molar-refractivity contribution in [2.24, 2.45) is 0 Å². The molecule has 1 amide bonds. The van der Waals surface area contributed by atoms with E-state index in [4.69, 9.17) is 4.74 Å². The fourth-order valence-corrected chi connectivity index (χ4v) is 0.683. The summed E-state index contributed by atoms with van der Waals surface area (Å²) < 4.78 is 5.00. The molecule has 0 aromatic heterocycles. The Labute approximate surface area is 61.4 Å². The Balaban J connectivity index is 0.000000640. The predicted octanol–water partition coefficient (Wildman–Crippen LogP) is -0.412. The number of rotatable bonds is 1. The molecule has 0 radical (unpaired) electrons. The first-order valence-electron chi connectivity index (χ1n) is 2.70. The molecule has 54 valence electrons. The van der Waals surface area contributed by atoms with Crippen molar-refractivity contribution >= 4 is 19.9 Å². The van der Waals surface area contributed by atoms with Crippen molar-refractivity contribution in [3.05, 3.63) is 0 Å². The molecule has 1 rings (SSSR count). The fraction of sp³-hybridized carbons (Fsp3) is 0.800. The van der Waals surface area contributed by atoms with E-state index in [0.717, 1.165) is 19.5 Å². The summed E-state index contributed by atoms with van der Waals surface area (Å²) in [5.74, 6) is 0. The van der Waals surface area contributed by atoms with Gasteiger partial charge in [0.2, 0.25) is 6.41 Å². The predicted molar refractivity (Wildman–Crippen MR) is 38.8 cm³/mol. The van der Waals surface area contributed by atoms with Gasteiger partial charge in [0.05, 0.1) is 13.2 Å². The van der Waals surface area contributed by atoms with Crippen molar-refractivity contribution in [3.63, 3.8) is 0 Å². The van der Waals surface area contributed by atoms with E-state index < -0.39 is 0 Å². The Morgan fingerprint density at radius 1 is 1.33 bits per heavy atom. The van der Waals surface area contributed by atoms with Crippen LogP contribution in [0.15, 0.2) is 0 Å². The lowest BCUT2D eigenvalue weighted by atomic mass is 10.5. The van der Waals surface area contributed by atoms with Gasteiger partial charge >= 0.3 is 0 Å². The second-order valence-corrected chi connectivity index (χ2v) is 1.75. The molecule has 1 aliphatic rings. The van der Waals surface area contributed by atoms with E-state index in [9.17, 15) is 4.79 Å². The second kappa shape index (κ2) is 4.64. The Hall–Kier alpha value is -0.220. The quantitative estimate of drug-likeness (QED) is 0.474. The Bertz CT molecular complexity index is 83.0. The van der Waals surface area contributed by atoms with Gasteiger partial charge in [-0.25, -0.2) is 0 Å². The van der Waals surface area contributed by atoms with E-state index >= 15 is 0 Å². The van der Waals surface area contributed by atoms with Crippen molar-refractivity contribution < 1.29 is 9.53 Å². The maximum absolute atomic E-state index is 10.0. The zero-order chi connectivity index (χ0) is 5.82. The van der Waals surface area contributed by atoms with Gasteiger partial charge in [0, 0.05) is 13.1 Å². The lowest BCUT2D eigenvalue weighted by Crippen LogP contribution is -2.34. The van der Waals surface area contributed by atoms with Crippen molar-refractivity contribution in [1.82, 2.24) is 4.90 Å². The monoisotopic (exact) mass is 149 g/mol. The molecule has 0 N–H and O–H groups in total. The highest BCUT2D eigenvalue weighted by atomic mass is 32.1. The fourth-order valence-electron chi connectivity index (χ4n) is 0.683. The number of morpholine rings is 1. The van der Waals surface area contributed by atoms with Crippen LogP contribution in [0.25, 0.3) is 0 Å². The molecule has 0 atom stereocenters. The van der Waals surface area contributed by atoms with E-state index in [1.165, 1.54) is 0 Å². The Morgan fingerprint density at radius 2 is 1.89 bits per heavy atom. The first kappa shape index (κ1) is 8.78. The number of hydrogen-bond acceptors (Lipinski definition) is 2. The standard InChI is InChI=1S/C5H9NO2.H2S/c7-5-6-1-3-8-4-2-6;/h5H,1-4H2;1H2. The molecule has 0 aromatic carbocycles. The van der Waals surface area contributed by atoms with Gasteiger partial charge in [-0.05, 0) is 0 Å². The van der Waals surface area contributed by atoms with Gasteiger partial charge < -0.3 is 9.64 Å². The maximum atomic E-state index is 10.0. The Kier molecular flexibility index (Phi) is 4.53. The molecule has 9 heavy (non-hydrogen) atoms. The van der Waals surface area contributed by atoms with Crippen molar-refractivity contribution in [1.29, 1.82) is 0 Å². The van der Waals surface area contributed by atoms with Gasteiger partial charge in [-0.1, -0.05) is 0 Å². The van der Waals surface area contributed by atoms with Gasteiger partial charge in [-0.2, -0.15) is 13.5 Å². The minimum absolute atomic E-state index is 0. The topological polar surface area (TPSA) is 29.5 Å². The van der Waals surface area contributed by atoms with Crippen LogP contribution in [0, 0.1) is 0 Å². The molecule has 0 saturated carbocycles. The van der Waals surface area contributed by atoms with Gasteiger partial charge in [0.25, 0.3) is 0 Å². The van der Waals surface area contributed by atoms with Gasteiger partial charge in [-0.3, -0.25) is 4.79 Å². The number of hydrogen-bond donors (Lipinski definition) is 0. The van der Waals surface area contributed by atoms with Crippen LogP contribution >= 0.6 is 13.5 Å². The molecule has 0 aliphatic carbocycles. The highest BCUT2D eigenvalue weighted by molar-refractivity contribution is 7.59. The summed E-state index contributed by atoms with van der Waals surface area (Å²) in [7, 11) is 0. The zero-order valence-electron chi connectivity index (χ0n) is 5.17. The third-order valence-corrected chi connectivity index (χ3v) is 1.19. The molecular weight excluding hydrogens is 138 g/mol. The van der Waals surface area contributed by atoms with Crippen LogP contribution in [0.5, 0.6) is 0 Å². The van der Waals surface area contributed by atoms with Crippen LogP contribution in [-0.2, 0) is 9.53 Å². The number of ether oxygens (including phenoxy) is 1. The summed E-state index contributed by atoms with van der Waals surface area (Å²) in [6.45, 7) is 2.89. The smallest absolute Gasteiger partial charge is 0.209 e. The van der Waals surface area contributed by atoms with E-state index in [1.54, 1.807) is 4.90 Å². The summed E-state index contributed by atoms with van der Waals surface area (Å²) in [6.07, 6.45) is 0.864. The minimum atomic E-state index is 0. The molecule has 1 heterocycles. The number of amides is 1. The highest BCUT2D eigenvalue weighted by Gasteiger charge is 2.05. The van der Waals surface area contributed by atoms with Crippen LogP contribution < -0.4 is 0 Å². The average Bonchev–Trinajstić information content (AvgIpc) is 1.90. The SMILES string of the molecule is O=CN1CCOCC1.S. The summed E-state index contributed by atoms with van der Waals surface area (Å²) in [5.41, 5.74) is 0. The zero-order valence-corrected chi connectivity index (χ0v) is 6.17. The molecular formula is C5H11NO2S. The van der Waals surface area contributed by atoms with Crippen LogP contribution in [0.4, 0.5) is 0 Å². The van der Waals surface area contributed by atoms with Crippen LogP contribution in [0.1, 0.15) is 0 Å². The van der Waals surface area contributed by atoms with E-state index in [1.807, 2.05) is 0 Å². The van der Waals surface area contributed by atoms with Crippen LogP contribution in [0.3, 0.4) is 0 Å². The molecule has 0 unspecified atom stereocenters. The van der Waals surface area contributed by atoms with E-state index in [-0.39, 0.29) is 13.5 Å². The first-order valence-corrected chi connectivity index (χ1v) is 2.70. The summed E-state index contributed by atoms with van der Waals surface area (Å²) in [6, 6.07) is 0. The van der Waals surface area contributed by atoms with Crippen molar-refractivity contribution in [2.45, 2.75) is 0 Å². The molecule has 1 saturated heterocycles. The highest BCUT2D eigenvalue weighted by Crippen LogP contribution is 1.90. The normalized spacial score (nSPS) is 18.4. The third-order valence-electron chi connectivity index (χ3n) is 1.19. The number of carbonyl (C=O) groups is 1. The minimum Gasteiger partial charge on any atom is -0.378 e. The number of carbonyl (C=O) groups excluding carboxylic acids is 1. The van der Waals surface area contributed by atoms with Crippen molar-refractivity contribution in [3.8, 4) is 0 Å². The molecule has 1 aliphatic heterocycles. The molecule has 3 nitrogen and oxygen atoms in total. The summed E-state index contributed by atoms with van der Waals surface area (Å²) >= 11 is 0. The van der Waals surface area contributed by atoms with E-state index in [2.05, 4.69) is 0 Å². The first-order chi connectivity index (χ1) is 3.93. The Morgan fingerprint density at radius 3 is 2.22 bits per heavy atom.